The maximum atomic E-state index is 12.3. The van der Waals surface area contributed by atoms with E-state index in [-0.39, 0.29) is 28.3 Å². The number of nitrogens with one attached hydrogen (secondary N) is 1. The van der Waals surface area contributed by atoms with Crippen molar-refractivity contribution in [2.75, 3.05) is 12.3 Å². The summed E-state index contributed by atoms with van der Waals surface area (Å²) in [5, 5.41) is 0. The molecule has 8 heteroatoms. The normalized spacial score (nSPS) is 21.8. The number of amides is 1. The topological polar surface area (TPSA) is 125 Å². The third-order valence-corrected chi connectivity index (χ3v) is 5.00. The number of carbonyl (C=O) groups is 1. The minimum absolute atomic E-state index is 0.000480. The zero-order chi connectivity index (χ0) is 15.6. The maximum absolute atomic E-state index is 12.3. The van der Waals surface area contributed by atoms with E-state index in [4.69, 9.17) is 16.2 Å². The van der Waals surface area contributed by atoms with Gasteiger partial charge in [0.05, 0.1) is 11.8 Å². The number of rotatable bonds is 6. The van der Waals surface area contributed by atoms with Gasteiger partial charge in [0.2, 0.25) is 15.9 Å². The Morgan fingerprint density at radius 1 is 1.43 bits per heavy atom. The van der Waals surface area contributed by atoms with E-state index in [0.29, 0.717) is 19.4 Å². The van der Waals surface area contributed by atoms with Crippen LogP contribution in [0.1, 0.15) is 30.1 Å². The molecule has 1 aliphatic carbocycles. The van der Waals surface area contributed by atoms with Gasteiger partial charge in [0.15, 0.2) is 0 Å². The van der Waals surface area contributed by atoms with Crippen molar-refractivity contribution in [1.29, 1.82) is 0 Å². The summed E-state index contributed by atoms with van der Waals surface area (Å²) in [5.74, 6) is -0.655. The molecule has 0 heterocycles. The Labute approximate surface area is 123 Å². The zero-order valence-electron chi connectivity index (χ0n) is 11.7. The highest BCUT2D eigenvalue weighted by Crippen LogP contribution is 2.26. The smallest absolute Gasteiger partial charge is 0.248 e. The van der Waals surface area contributed by atoms with E-state index in [2.05, 4.69) is 4.72 Å². The van der Waals surface area contributed by atoms with Crippen LogP contribution in [-0.2, 0) is 14.8 Å². The van der Waals surface area contributed by atoms with E-state index in [1.165, 1.54) is 18.2 Å². The second kappa shape index (κ2) is 6.00. The summed E-state index contributed by atoms with van der Waals surface area (Å²) in [6.45, 7) is 2.52. The lowest BCUT2D eigenvalue weighted by molar-refractivity contribution is -0.00475. The van der Waals surface area contributed by atoms with Gasteiger partial charge in [0.1, 0.15) is 4.90 Å². The van der Waals surface area contributed by atoms with Crippen molar-refractivity contribution in [3.05, 3.63) is 23.8 Å². The molecule has 0 unspecified atom stereocenters. The summed E-state index contributed by atoms with van der Waals surface area (Å²) in [6, 6.07) is 3.75. The Morgan fingerprint density at radius 3 is 2.62 bits per heavy atom. The lowest BCUT2D eigenvalue weighted by Crippen LogP contribution is -2.47. The molecule has 0 spiro atoms. The number of sulfonamides is 1. The van der Waals surface area contributed by atoms with Crippen LogP contribution in [0.4, 0.5) is 5.69 Å². The maximum Gasteiger partial charge on any atom is 0.248 e. The van der Waals surface area contributed by atoms with Crippen LogP contribution in [0.5, 0.6) is 0 Å². The van der Waals surface area contributed by atoms with Crippen molar-refractivity contribution < 1.29 is 17.9 Å². The van der Waals surface area contributed by atoms with Gasteiger partial charge in [0.25, 0.3) is 0 Å². The fourth-order valence-corrected chi connectivity index (χ4v) is 3.64. The summed E-state index contributed by atoms with van der Waals surface area (Å²) in [7, 11) is -3.71. The largest absolute Gasteiger partial charge is 0.398 e. The first kappa shape index (κ1) is 15.7. The molecule has 1 aliphatic rings. The van der Waals surface area contributed by atoms with Crippen LogP contribution >= 0.6 is 0 Å². The van der Waals surface area contributed by atoms with Crippen molar-refractivity contribution in [3.8, 4) is 0 Å². The first-order valence-corrected chi connectivity index (χ1v) is 8.15. The predicted octanol–water partition coefficient (Wildman–Crippen LogP) is 0.214. The molecule has 7 nitrogen and oxygen atoms in total. The molecule has 1 fully saturated rings. The van der Waals surface area contributed by atoms with Crippen LogP contribution in [0.15, 0.2) is 23.1 Å². The van der Waals surface area contributed by atoms with Gasteiger partial charge in [-0.2, -0.15) is 0 Å². The number of nitrogens with two attached hydrogens (primary N) is 2. The van der Waals surface area contributed by atoms with E-state index in [0.717, 1.165) is 0 Å². The van der Waals surface area contributed by atoms with E-state index < -0.39 is 15.9 Å². The summed E-state index contributed by atoms with van der Waals surface area (Å²) in [5.41, 5.74) is 11.0. The van der Waals surface area contributed by atoms with Gasteiger partial charge in [0, 0.05) is 18.2 Å². The Hall–Kier alpha value is -1.64. The SMILES string of the molecule is CCOC1CC(NS(=O)(=O)c2ccc(C(N)=O)cc2N)C1. The molecule has 0 aromatic heterocycles. The highest BCUT2D eigenvalue weighted by Gasteiger charge is 2.33. The van der Waals surface area contributed by atoms with E-state index >= 15 is 0 Å². The molecule has 0 aliphatic heterocycles. The number of hydrogen-bond acceptors (Lipinski definition) is 5. The van der Waals surface area contributed by atoms with Gasteiger partial charge in [-0.05, 0) is 38.0 Å². The van der Waals surface area contributed by atoms with Crippen LogP contribution in [-0.4, -0.2) is 33.1 Å². The zero-order valence-corrected chi connectivity index (χ0v) is 12.5. The third kappa shape index (κ3) is 3.52. The average Bonchev–Trinajstić information content (AvgIpc) is 2.35. The first-order chi connectivity index (χ1) is 9.83. The van der Waals surface area contributed by atoms with E-state index in [1.54, 1.807) is 0 Å². The van der Waals surface area contributed by atoms with Crippen LogP contribution in [0.3, 0.4) is 0 Å². The Morgan fingerprint density at radius 2 is 2.10 bits per heavy atom. The number of anilines is 1. The van der Waals surface area contributed by atoms with Crippen molar-refractivity contribution in [2.24, 2.45) is 5.73 Å². The number of primary amides is 1. The number of nitrogen functional groups attached to an aromatic ring is 1. The van der Waals surface area contributed by atoms with Crippen LogP contribution in [0.2, 0.25) is 0 Å². The molecule has 1 saturated carbocycles. The minimum Gasteiger partial charge on any atom is -0.398 e. The van der Waals surface area contributed by atoms with Crippen molar-refractivity contribution >= 4 is 21.6 Å². The van der Waals surface area contributed by atoms with Gasteiger partial charge in [-0.1, -0.05) is 0 Å². The van der Waals surface area contributed by atoms with Gasteiger partial charge in [-0.25, -0.2) is 13.1 Å². The minimum atomic E-state index is -3.71. The Bertz CT molecular complexity index is 639. The second-order valence-electron chi connectivity index (χ2n) is 4.98. The molecular formula is C13H19N3O4S. The predicted molar refractivity (Wildman–Crippen MR) is 78.1 cm³/mol. The fraction of sp³-hybridized carbons (Fsp3) is 0.462. The molecular weight excluding hydrogens is 294 g/mol. The molecule has 2 rings (SSSR count). The summed E-state index contributed by atoms with van der Waals surface area (Å²) >= 11 is 0. The van der Waals surface area contributed by atoms with E-state index in [1.807, 2.05) is 6.92 Å². The molecule has 0 radical (unpaired) electrons. The van der Waals surface area contributed by atoms with Crippen molar-refractivity contribution in [3.63, 3.8) is 0 Å². The summed E-state index contributed by atoms with van der Waals surface area (Å²) in [6.07, 6.45) is 1.40. The van der Waals surface area contributed by atoms with Gasteiger partial charge < -0.3 is 16.2 Å². The van der Waals surface area contributed by atoms with Crippen molar-refractivity contribution in [1.82, 2.24) is 4.72 Å². The first-order valence-electron chi connectivity index (χ1n) is 6.66. The molecule has 0 atom stereocenters. The number of benzene rings is 1. The second-order valence-corrected chi connectivity index (χ2v) is 6.67. The molecule has 1 amide bonds. The van der Waals surface area contributed by atoms with E-state index in [9.17, 15) is 13.2 Å². The lowest BCUT2D eigenvalue weighted by atomic mass is 9.90. The molecule has 1 aromatic rings. The van der Waals surface area contributed by atoms with Crippen molar-refractivity contribution in [2.45, 2.75) is 36.8 Å². The molecule has 116 valence electrons. The summed E-state index contributed by atoms with van der Waals surface area (Å²) in [4.78, 5) is 11.0. The van der Waals surface area contributed by atoms with Gasteiger partial charge >= 0.3 is 0 Å². The Balaban J connectivity index is 2.08. The highest BCUT2D eigenvalue weighted by molar-refractivity contribution is 7.89. The molecule has 0 bridgehead atoms. The fourth-order valence-electron chi connectivity index (χ4n) is 2.26. The molecule has 0 saturated heterocycles. The molecule has 5 N–H and O–H groups in total. The average molecular weight is 313 g/mol. The number of carbonyl (C=O) groups excluding carboxylic acids is 1. The Kier molecular flexibility index (Phi) is 4.50. The molecule has 21 heavy (non-hydrogen) atoms. The van der Waals surface area contributed by atoms with Gasteiger partial charge in [-0.15, -0.1) is 0 Å². The van der Waals surface area contributed by atoms with Gasteiger partial charge in [-0.3, -0.25) is 4.79 Å². The van der Waals surface area contributed by atoms with Crippen LogP contribution in [0, 0.1) is 0 Å². The van der Waals surface area contributed by atoms with Crippen LogP contribution in [0.25, 0.3) is 0 Å². The monoisotopic (exact) mass is 313 g/mol. The third-order valence-electron chi connectivity index (χ3n) is 3.40. The lowest BCUT2D eigenvalue weighted by Gasteiger charge is -2.35. The molecule has 1 aromatic carbocycles. The quantitative estimate of drug-likeness (QED) is 0.648. The standard InChI is InChI=1S/C13H19N3O4S/c1-2-20-10-6-9(7-10)16-21(18,19)12-4-3-8(13(15)17)5-11(12)14/h3-5,9-10,16H,2,6-7,14H2,1H3,(H2,15,17). The summed E-state index contributed by atoms with van der Waals surface area (Å²) < 4.78 is 32.5. The number of hydrogen-bond donors (Lipinski definition) is 3. The highest BCUT2D eigenvalue weighted by atomic mass is 32.2. The van der Waals surface area contributed by atoms with Crippen LogP contribution < -0.4 is 16.2 Å². The number of ether oxygens (including phenoxy) is 1.